The molecular weight excluding hydrogens is 497 g/mol. The fourth-order valence-corrected chi connectivity index (χ4v) is 4.22. The average Bonchev–Trinajstić information content (AvgIpc) is 3.07. The van der Waals surface area contributed by atoms with Crippen LogP contribution in [0.1, 0.15) is 16.7 Å². The number of likely N-dealkylation sites (tertiary alicyclic amines) is 1. The Hall–Kier alpha value is -4.02. The number of nitro benzene ring substituents is 1. The number of carbonyl (C=O) groups is 1. The monoisotopic (exact) mass is 519 g/mol. The fraction of sp³-hybridized carbons (Fsp3) is 0.269. The van der Waals surface area contributed by atoms with Crippen LogP contribution in [0.25, 0.3) is 0 Å². The van der Waals surface area contributed by atoms with Crippen molar-refractivity contribution in [2.24, 2.45) is 0 Å². The molecule has 0 unspecified atom stereocenters. The standard InChI is InChI=1S/C26H22F5N3O3/c27-23-20(13-22(35)33-16-25(28,29)26(30,31)17-33)11-12-21(34(36)37)24(23)32(14-18-7-3-1-4-8-18)15-19-9-5-2-6-10-19/h1-12H,13-17H2. The fourth-order valence-electron chi connectivity index (χ4n) is 4.22. The number of nitro groups is 1. The molecule has 0 N–H and O–H groups in total. The first-order valence-electron chi connectivity index (χ1n) is 11.3. The van der Waals surface area contributed by atoms with Gasteiger partial charge < -0.3 is 9.80 Å². The molecular formula is C26H22F5N3O3. The van der Waals surface area contributed by atoms with E-state index in [1.165, 1.54) is 4.90 Å². The lowest BCUT2D eigenvalue weighted by molar-refractivity contribution is -0.384. The van der Waals surface area contributed by atoms with Crippen LogP contribution in [0.15, 0.2) is 72.8 Å². The molecule has 4 rings (SSSR count). The number of rotatable bonds is 8. The number of hydrogen-bond donors (Lipinski definition) is 0. The van der Waals surface area contributed by atoms with Crippen LogP contribution >= 0.6 is 0 Å². The lowest BCUT2D eigenvalue weighted by Crippen LogP contribution is -2.38. The van der Waals surface area contributed by atoms with Gasteiger partial charge in [-0.1, -0.05) is 60.7 Å². The maximum absolute atomic E-state index is 15.9. The van der Waals surface area contributed by atoms with Crippen molar-refractivity contribution in [2.45, 2.75) is 31.4 Å². The summed E-state index contributed by atoms with van der Waals surface area (Å²) in [5, 5.41) is 11.8. The number of benzene rings is 3. The molecule has 6 nitrogen and oxygen atoms in total. The zero-order chi connectivity index (χ0) is 26.8. The summed E-state index contributed by atoms with van der Waals surface area (Å²) in [5.41, 5.74) is 0.195. The summed E-state index contributed by atoms with van der Waals surface area (Å²) >= 11 is 0. The summed E-state index contributed by atoms with van der Waals surface area (Å²) in [6.07, 6.45) is -0.812. The van der Waals surface area contributed by atoms with Crippen LogP contribution < -0.4 is 4.90 Å². The molecule has 0 atom stereocenters. The summed E-state index contributed by atoms with van der Waals surface area (Å²) in [6.45, 7) is -2.83. The normalized spacial score (nSPS) is 16.0. The van der Waals surface area contributed by atoms with Crippen LogP contribution in [-0.2, 0) is 24.3 Å². The van der Waals surface area contributed by atoms with E-state index in [4.69, 9.17) is 0 Å². The Morgan fingerprint density at radius 3 is 1.81 bits per heavy atom. The third-order valence-electron chi connectivity index (χ3n) is 6.13. The summed E-state index contributed by atoms with van der Waals surface area (Å²) in [7, 11) is 0. The maximum atomic E-state index is 15.9. The number of amides is 1. The van der Waals surface area contributed by atoms with Crippen LogP contribution in [0.3, 0.4) is 0 Å². The predicted molar refractivity (Wildman–Crippen MR) is 126 cm³/mol. The number of carbonyl (C=O) groups excluding carboxylic acids is 1. The van der Waals surface area contributed by atoms with Crippen LogP contribution in [0.4, 0.5) is 33.3 Å². The first-order chi connectivity index (χ1) is 17.5. The first-order valence-corrected chi connectivity index (χ1v) is 11.3. The van der Waals surface area contributed by atoms with Crippen molar-refractivity contribution in [2.75, 3.05) is 18.0 Å². The molecule has 3 aromatic carbocycles. The molecule has 1 heterocycles. The molecule has 3 aromatic rings. The SMILES string of the molecule is O=C(Cc1ccc([N+](=O)[O-])c(N(Cc2ccccc2)Cc2ccccc2)c1F)N1CC(F)(F)C(F)(F)C1. The highest BCUT2D eigenvalue weighted by atomic mass is 19.3. The van der Waals surface area contributed by atoms with Crippen molar-refractivity contribution in [3.05, 3.63) is 105 Å². The number of alkyl halides is 4. The quantitative estimate of drug-likeness (QED) is 0.221. The van der Waals surface area contributed by atoms with E-state index in [1.54, 1.807) is 60.7 Å². The minimum atomic E-state index is -4.40. The average molecular weight is 519 g/mol. The zero-order valence-electron chi connectivity index (χ0n) is 19.4. The molecule has 194 valence electrons. The van der Waals surface area contributed by atoms with Gasteiger partial charge in [0.25, 0.3) is 5.69 Å². The van der Waals surface area contributed by atoms with Gasteiger partial charge in [-0.3, -0.25) is 14.9 Å². The van der Waals surface area contributed by atoms with Crippen LogP contribution in [0.2, 0.25) is 0 Å². The van der Waals surface area contributed by atoms with Gasteiger partial charge in [-0.25, -0.2) is 4.39 Å². The summed E-state index contributed by atoms with van der Waals surface area (Å²) in [5.74, 6) is -11.0. The summed E-state index contributed by atoms with van der Waals surface area (Å²) in [6, 6.07) is 19.7. The molecule has 1 aliphatic rings. The molecule has 0 radical (unpaired) electrons. The molecule has 0 bridgehead atoms. The predicted octanol–water partition coefficient (Wildman–Crippen LogP) is 5.60. The Bertz CT molecular complexity index is 1230. The van der Waals surface area contributed by atoms with Gasteiger partial charge in [0, 0.05) is 19.2 Å². The Balaban J connectivity index is 1.71. The van der Waals surface area contributed by atoms with E-state index in [9.17, 15) is 32.5 Å². The highest BCUT2D eigenvalue weighted by Crippen LogP contribution is 2.41. The lowest BCUT2D eigenvalue weighted by atomic mass is 10.1. The van der Waals surface area contributed by atoms with Gasteiger partial charge in [0.05, 0.1) is 24.4 Å². The minimum Gasteiger partial charge on any atom is -0.355 e. The third kappa shape index (κ3) is 5.55. The van der Waals surface area contributed by atoms with E-state index in [2.05, 4.69) is 0 Å². The van der Waals surface area contributed by atoms with E-state index >= 15 is 4.39 Å². The van der Waals surface area contributed by atoms with Gasteiger partial charge in [-0.05, 0) is 22.8 Å². The second-order valence-corrected chi connectivity index (χ2v) is 8.83. The van der Waals surface area contributed by atoms with Crippen molar-refractivity contribution in [1.82, 2.24) is 4.90 Å². The molecule has 1 amide bonds. The minimum absolute atomic E-state index is 0.0788. The Labute approximate surface area is 209 Å². The molecule has 0 aliphatic carbocycles. The van der Waals surface area contributed by atoms with Gasteiger partial charge in [0.15, 0.2) is 11.5 Å². The van der Waals surface area contributed by atoms with E-state index in [0.717, 1.165) is 23.3 Å². The molecule has 1 saturated heterocycles. The van der Waals surface area contributed by atoms with E-state index in [1.807, 2.05) is 0 Å². The van der Waals surface area contributed by atoms with E-state index in [0.29, 0.717) is 0 Å². The maximum Gasteiger partial charge on any atom is 0.329 e. The van der Waals surface area contributed by atoms with Crippen molar-refractivity contribution >= 4 is 17.3 Å². The van der Waals surface area contributed by atoms with Crippen molar-refractivity contribution in [3.8, 4) is 0 Å². The smallest absolute Gasteiger partial charge is 0.329 e. The number of nitrogens with zero attached hydrogens (tertiary/aromatic N) is 3. The van der Waals surface area contributed by atoms with Gasteiger partial charge in [-0.2, -0.15) is 17.6 Å². The molecule has 1 aliphatic heterocycles. The van der Waals surface area contributed by atoms with Crippen molar-refractivity contribution in [1.29, 1.82) is 0 Å². The molecule has 0 saturated carbocycles. The molecule has 1 fully saturated rings. The summed E-state index contributed by atoms with van der Waals surface area (Å²) < 4.78 is 70.2. The molecule has 11 heteroatoms. The lowest BCUT2D eigenvalue weighted by Gasteiger charge is -2.26. The van der Waals surface area contributed by atoms with E-state index < -0.39 is 53.7 Å². The number of anilines is 1. The number of hydrogen-bond acceptors (Lipinski definition) is 4. The highest BCUT2D eigenvalue weighted by Gasteiger charge is 2.63. The topological polar surface area (TPSA) is 66.7 Å². The van der Waals surface area contributed by atoms with Crippen LogP contribution in [0.5, 0.6) is 0 Å². The van der Waals surface area contributed by atoms with Gasteiger partial charge in [-0.15, -0.1) is 0 Å². The molecule has 37 heavy (non-hydrogen) atoms. The van der Waals surface area contributed by atoms with Crippen molar-refractivity contribution < 1.29 is 31.7 Å². The van der Waals surface area contributed by atoms with Crippen molar-refractivity contribution in [3.63, 3.8) is 0 Å². The third-order valence-corrected chi connectivity index (χ3v) is 6.13. The van der Waals surface area contributed by atoms with Gasteiger partial charge in [0.2, 0.25) is 5.91 Å². The van der Waals surface area contributed by atoms with Gasteiger partial charge in [0.1, 0.15) is 0 Å². The zero-order valence-corrected chi connectivity index (χ0v) is 19.4. The Kier molecular flexibility index (Phi) is 7.15. The molecule has 0 spiro atoms. The summed E-state index contributed by atoms with van der Waals surface area (Å²) in [4.78, 5) is 25.4. The number of halogens is 5. The van der Waals surface area contributed by atoms with Crippen LogP contribution in [-0.4, -0.2) is 40.7 Å². The van der Waals surface area contributed by atoms with E-state index in [-0.39, 0.29) is 29.2 Å². The highest BCUT2D eigenvalue weighted by molar-refractivity contribution is 5.80. The van der Waals surface area contributed by atoms with Crippen LogP contribution in [0, 0.1) is 15.9 Å². The molecule has 0 aromatic heterocycles. The largest absolute Gasteiger partial charge is 0.355 e. The first kappa shape index (κ1) is 26.1. The second kappa shape index (κ2) is 10.2. The Morgan fingerprint density at radius 1 is 0.865 bits per heavy atom. The second-order valence-electron chi connectivity index (χ2n) is 8.83. The Morgan fingerprint density at radius 2 is 1.35 bits per heavy atom. The van der Waals surface area contributed by atoms with Gasteiger partial charge >= 0.3 is 11.8 Å².